The molecule has 2 aromatic rings. The summed E-state index contributed by atoms with van der Waals surface area (Å²) in [6, 6.07) is 6.72. The average molecular weight is 388 g/mol. The molecule has 0 spiro atoms. The van der Waals surface area contributed by atoms with Gasteiger partial charge in [-0.3, -0.25) is 0 Å². The number of anilines is 1. The Morgan fingerprint density at radius 2 is 1.95 bits per heavy atom. The Bertz CT molecular complexity index is 734. The average Bonchev–Trinajstić information content (AvgIpc) is 2.42. The van der Waals surface area contributed by atoms with Gasteiger partial charge >= 0.3 is 0 Å². The van der Waals surface area contributed by atoms with Crippen LogP contribution in [-0.2, 0) is 9.84 Å². The maximum absolute atomic E-state index is 11.4. The second-order valence-electron chi connectivity index (χ2n) is 4.22. The zero-order valence-electron chi connectivity index (χ0n) is 11.5. The predicted molar refractivity (Wildman–Crippen MR) is 87.6 cm³/mol. The third kappa shape index (κ3) is 4.42. The summed E-state index contributed by atoms with van der Waals surface area (Å²) in [5.41, 5.74) is 0. The molecule has 1 N–H and O–H groups in total. The lowest BCUT2D eigenvalue weighted by Gasteiger charge is -2.07. The first-order chi connectivity index (χ1) is 9.90. The first-order valence-corrected chi connectivity index (χ1v) is 9.64. The fourth-order valence-corrected chi connectivity index (χ4v) is 3.37. The van der Waals surface area contributed by atoms with E-state index < -0.39 is 9.84 Å². The van der Waals surface area contributed by atoms with Gasteiger partial charge in [-0.1, -0.05) is 11.8 Å². The normalized spacial score (nSPS) is 11.4. The second kappa shape index (κ2) is 6.76. The highest BCUT2D eigenvalue weighted by molar-refractivity contribution is 9.10. The molecule has 0 unspecified atom stereocenters. The van der Waals surface area contributed by atoms with Gasteiger partial charge in [0.05, 0.1) is 9.37 Å². The smallest absolute Gasteiger partial charge is 0.223 e. The first-order valence-electron chi connectivity index (χ1n) is 6.14. The Morgan fingerprint density at radius 3 is 2.52 bits per heavy atom. The van der Waals surface area contributed by atoms with Crippen molar-refractivity contribution in [1.82, 2.24) is 9.97 Å². The van der Waals surface area contributed by atoms with Crippen molar-refractivity contribution in [3.63, 3.8) is 0 Å². The highest BCUT2D eigenvalue weighted by Gasteiger charge is 2.09. The third-order valence-electron chi connectivity index (χ3n) is 2.51. The summed E-state index contributed by atoms with van der Waals surface area (Å²) >= 11 is 4.86. The van der Waals surface area contributed by atoms with E-state index in [9.17, 15) is 8.42 Å². The summed E-state index contributed by atoms with van der Waals surface area (Å²) in [6.45, 7) is 2.72. The van der Waals surface area contributed by atoms with Crippen LogP contribution in [0.1, 0.15) is 6.92 Å². The van der Waals surface area contributed by atoms with Crippen molar-refractivity contribution in [2.45, 2.75) is 21.7 Å². The number of nitrogens with zero attached hydrogens (tertiary/aromatic N) is 2. The quantitative estimate of drug-likeness (QED) is 0.793. The molecule has 1 aromatic carbocycles. The molecular formula is C13H14BrN3O2S2. The SMILES string of the molecule is CCNc1ncc(Br)c(Sc2ccc(S(C)(=O)=O)cc2)n1. The molecule has 1 heterocycles. The Labute approximate surface area is 136 Å². The van der Waals surface area contributed by atoms with Gasteiger partial charge in [0, 0.05) is 23.9 Å². The van der Waals surface area contributed by atoms with Crippen LogP contribution >= 0.6 is 27.7 Å². The monoisotopic (exact) mass is 387 g/mol. The number of aromatic nitrogens is 2. The lowest BCUT2D eigenvalue weighted by Crippen LogP contribution is -2.02. The lowest BCUT2D eigenvalue weighted by molar-refractivity contribution is 0.602. The van der Waals surface area contributed by atoms with E-state index in [4.69, 9.17) is 0 Å². The van der Waals surface area contributed by atoms with Crippen molar-refractivity contribution < 1.29 is 8.42 Å². The van der Waals surface area contributed by atoms with Crippen molar-refractivity contribution in [3.8, 4) is 0 Å². The fourth-order valence-electron chi connectivity index (χ4n) is 1.53. The predicted octanol–water partition coefficient (Wildman–Crippen LogP) is 3.23. The summed E-state index contributed by atoms with van der Waals surface area (Å²) < 4.78 is 23.7. The molecule has 0 atom stereocenters. The molecule has 112 valence electrons. The molecule has 0 aliphatic heterocycles. The number of halogens is 1. The van der Waals surface area contributed by atoms with Crippen LogP contribution in [-0.4, -0.2) is 31.2 Å². The Morgan fingerprint density at radius 1 is 1.29 bits per heavy atom. The first kappa shape index (κ1) is 16.3. The Kier molecular flexibility index (Phi) is 5.23. The largest absolute Gasteiger partial charge is 0.354 e. The summed E-state index contributed by atoms with van der Waals surface area (Å²) in [5.74, 6) is 0.566. The van der Waals surface area contributed by atoms with Crippen molar-refractivity contribution in [1.29, 1.82) is 0 Å². The van der Waals surface area contributed by atoms with Gasteiger partial charge in [-0.05, 0) is 47.1 Å². The number of rotatable bonds is 5. The van der Waals surface area contributed by atoms with Crippen LogP contribution in [0.4, 0.5) is 5.95 Å². The van der Waals surface area contributed by atoms with Crippen LogP contribution in [0.15, 0.2) is 49.8 Å². The maximum atomic E-state index is 11.4. The van der Waals surface area contributed by atoms with E-state index in [0.29, 0.717) is 10.8 Å². The van der Waals surface area contributed by atoms with E-state index in [1.165, 1.54) is 18.0 Å². The minimum atomic E-state index is -3.17. The molecular weight excluding hydrogens is 374 g/mol. The molecule has 8 heteroatoms. The molecule has 0 bridgehead atoms. The molecule has 0 fully saturated rings. The highest BCUT2D eigenvalue weighted by atomic mass is 79.9. The molecule has 0 aliphatic carbocycles. The fraction of sp³-hybridized carbons (Fsp3) is 0.231. The van der Waals surface area contributed by atoms with E-state index in [1.54, 1.807) is 30.5 Å². The Hall–Kier alpha value is -1.12. The zero-order chi connectivity index (χ0) is 15.5. The van der Waals surface area contributed by atoms with Gasteiger partial charge in [0.15, 0.2) is 9.84 Å². The van der Waals surface area contributed by atoms with Crippen molar-refractivity contribution >= 4 is 43.5 Å². The highest BCUT2D eigenvalue weighted by Crippen LogP contribution is 2.32. The van der Waals surface area contributed by atoms with Gasteiger partial charge in [-0.2, -0.15) is 0 Å². The summed E-state index contributed by atoms with van der Waals surface area (Å²) in [7, 11) is -3.17. The molecule has 0 radical (unpaired) electrons. The van der Waals surface area contributed by atoms with Crippen LogP contribution in [0.5, 0.6) is 0 Å². The van der Waals surface area contributed by atoms with Crippen molar-refractivity contribution in [2.75, 3.05) is 18.1 Å². The van der Waals surface area contributed by atoms with E-state index >= 15 is 0 Å². The van der Waals surface area contributed by atoms with Crippen molar-refractivity contribution in [3.05, 3.63) is 34.9 Å². The molecule has 5 nitrogen and oxygen atoms in total. The van der Waals surface area contributed by atoms with Crippen LogP contribution in [0.2, 0.25) is 0 Å². The van der Waals surface area contributed by atoms with Gasteiger partial charge < -0.3 is 5.32 Å². The summed E-state index contributed by atoms with van der Waals surface area (Å²) in [5, 5.41) is 3.83. The third-order valence-corrected chi connectivity index (χ3v) is 5.50. The minimum Gasteiger partial charge on any atom is -0.354 e. The molecule has 0 amide bonds. The lowest BCUT2D eigenvalue weighted by atomic mass is 10.4. The standard InChI is InChI=1S/C13H14BrN3O2S2/c1-3-15-13-16-8-11(14)12(17-13)20-9-4-6-10(7-5-9)21(2,18)19/h4-8H,3H2,1-2H3,(H,15,16,17). The van der Waals surface area contributed by atoms with Gasteiger partial charge in [0.1, 0.15) is 5.03 Å². The minimum absolute atomic E-state index is 0.307. The number of hydrogen-bond acceptors (Lipinski definition) is 6. The molecule has 21 heavy (non-hydrogen) atoms. The number of nitrogens with one attached hydrogen (secondary N) is 1. The molecule has 1 aromatic heterocycles. The number of sulfone groups is 1. The Balaban J connectivity index is 2.23. The van der Waals surface area contributed by atoms with Gasteiger partial charge in [0.25, 0.3) is 0 Å². The van der Waals surface area contributed by atoms with Gasteiger partial charge in [-0.15, -0.1) is 0 Å². The maximum Gasteiger partial charge on any atom is 0.223 e. The van der Waals surface area contributed by atoms with E-state index in [0.717, 1.165) is 20.9 Å². The van der Waals surface area contributed by atoms with Gasteiger partial charge in [-0.25, -0.2) is 18.4 Å². The zero-order valence-corrected chi connectivity index (χ0v) is 14.7. The van der Waals surface area contributed by atoms with E-state index in [-0.39, 0.29) is 0 Å². The molecule has 0 saturated heterocycles. The summed E-state index contributed by atoms with van der Waals surface area (Å²) in [4.78, 5) is 9.77. The molecule has 2 rings (SSSR count). The topological polar surface area (TPSA) is 72.0 Å². The van der Waals surface area contributed by atoms with Crippen molar-refractivity contribution in [2.24, 2.45) is 0 Å². The molecule has 0 saturated carbocycles. The molecule has 0 aliphatic rings. The summed E-state index contributed by atoms with van der Waals surface area (Å²) in [6.07, 6.45) is 2.89. The second-order valence-corrected chi connectivity index (χ2v) is 8.15. The number of benzene rings is 1. The van der Waals surface area contributed by atoms with Crippen LogP contribution in [0, 0.1) is 0 Å². The van der Waals surface area contributed by atoms with Crippen LogP contribution in [0.25, 0.3) is 0 Å². The number of hydrogen-bond donors (Lipinski definition) is 1. The van der Waals surface area contributed by atoms with Crippen LogP contribution < -0.4 is 5.32 Å². The van der Waals surface area contributed by atoms with E-state index in [2.05, 4.69) is 31.2 Å². The van der Waals surface area contributed by atoms with Crippen LogP contribution in [0.3, 0.4) is 0 Å². The van der Waals surface area contributed by atoms with Gasteiger partial charge in [0.2, 0.25) is 5.95 Å². The van der Waals surface area contributed by atoms with E-state index in [1.807, 2.05) is 6.92 Å².